The number of unbranched alkanes of at least 4 members (excludes halogenated alkanes) is 2. The second kappa shape index (κ2) is 7.86. The standard InChI is InChI=1S/C19H24O/c1-16(20)10-4-2-5-11-18-14-8-9-15-19(18)17-12-6-3-7-13-17/h3,6-9,12-16,20H,2,4-5,10-11H2,1H3. The maximum Gasteiger partial charge on any atom is 0.0512 e. The molecular weight excluding hydrogens is 244 g/mol. The quantitative estimate of drug-likeness (QED) is 0.713. The van der Waals surface area contributed by atoms with Gasteiger partial charge in [-0.3, -0.25) is 0 Å². The Hall–Kier alpha value is -1.60. The molecule has 0 aliphatic carbocycles. The molecule has 0 aromatic heterocycles. The Morgan fingerprint density at radius 3 is 2.30 bits per heavy atom. The monoisotopic (exact) mass is 268 g/mol. The van der Waals surface area contributed by atoms with Gasteiger partial charge in [-0.1, -0.05) is 67.4 Å². The third kappa shape index (κ3) is 4.50. The molecule has 0 spiro atoms. The number of hydrogen-bond donors (Lipinski definition) is 1. The summed E-state index contributed by atoms with van der Waals surface area (Å²) in [4.78, 5) is 0. The molecule has 0 aliphatic rings. The Bertz CT molecular complexity index is 502. The highest BCUT2D eigenvalue weighted by Gasteiger charge is 2.04. The first kappa shape index (κ1) is 14.8. The van der Waals surface area contributed by atoms with E-state index >= 15 is 0 Å². The van der Waals surface area contributed by atoms with E-state index in [0.29, 0.717) is 0 Å². The van der Waals surface area contributed by atoms with Crippen molar-refractivity contribution in [3.8, 4) is 11.1 Å². The van der Waals surface area contributed by atoms with Crippen LogP contribution in [0, 0.1) is 0 Å². The zero-order chi connectivity index (χ0) is 14.2. The SMILES string of the molecule is CC(O)CCCCCc1ccccc1-c1ccccc1. The van der Waals surface area contributed by atoms with Gasteiger partial charge < -0.3 is 5.11 Å². The van der Waals surface area contributed by atoms with Crippen molar-refractivity contribution in [1.29, 1.82) is 0 Å². The van der Waals surface area contributed by atoms with Crippen molar-refractivity contribution in [2.24, 2.45) is 0 Å². The molecule has 0 radical (unpaired) electrons. The molecule has 1 unspecified atom stereocenters. The van der Waals surface area contributed by atoms with Gasteiger partial charge in [0.25, 0.3) is 0 Å². The number of aryl methyl sites for hydroxylation is 1. The molecule has 2 rings (SSSR count). The van der Waals surface area contributed by atoms with Crippen LogP contribution < -0.4 is 0 Å². The molecule has 1 heteroatoms. The van der Waals surface area contributed by atoms with Gasteiger partial charge in [0.1, 0.15) is 0 Å². The van der Waals surface area contributed by atoms with E-state index in [4.69, 9.17) is 0 Å². The summed E-state index contributed by atoms with van der Waals surface area (Å²) in [7, 11) is 0. The van der Waals surface area contributed by atoms with Crippen molar-refractivity contribution < 1.29 is 5.11 Å². The number of rotatable bonds is 7. The fourth-order valence-electron chi connectivity index (χ4n) is 2.57. The van der Waals surface area contributed by atoms with Crippen LogP contribution in [0.5, 0.6) is 0 Å². The molecule has 0 fully saturated rings. The lowest BCUT2D eigenvalue weighted by Gasteiger charge is -2.10. The zero-order valence-electron chi connectivity index (χ0n) is 12.3. The van der Waals surface area contributed by atoms with E-state index in [0.717, 1.165) is 19.3 Å². The minimum atomic E-state index is -0.161. The van der Waals surface area contributed by atoms with Crippen molar-refractivity contribution in [1.82, 2.24) is 0 Å². The van der Waals surface area contributed by atoms with Crippen molar-refractivity contribution in [3.63, 3.8) is 0 Å². The minimum absolute atomic E-state index is 0.161. The average molecular weight is 268 g/mol. The molecular formula is C19H24O. The van der Waals surface area contributed by atoms with Crippen molar-refractivity contribution in [2.75, 3.05) is 0 Å². The van der Waals surface area contributed by atoms with Crippen LogP contribution in [0.3, 0.4) is 0 Å². The maximum atomic E-state index is 9.26. The third-order valence-electron chi connectivity index (χ3n) is 3.67. The van der Waals surface area contributed by atoms with Crippen molar-refractivity contribution >= 4 is 0 Å². The Balaban J connectivity index is 1.95. The van der Waals surface area contributed by atoms with Crippen LogP contribution in [-0.4, -0.2) is 11.2 Å². The lowest BCUT2D eigenvalue weighted by atomic mass is 9.95. The van der Waals surface area contributed by atoms with Gasteiger partial charge in [-0.2, -0.15) is 0 Å². The summed E-state index contributed by atoms with van der Waals surface area (Å²) in [5.41, 5.74) is 4.08. The average Bonchev–Trinajstić information content (AvgIpc) is 2.48. The normalized spacial score (nSPS) is 12.3. The predicted octanol–water partition coefficient (Wildman–Crippen LogP) is 4.84. The second-order valence-corrected chi connectivity index (χ2v) is 5.47. The fraction of sp³-hybridized carbons (Fsp3) is 0.368. The lowest BCUT2D eigenvalue weighted by Crippen LogP contribution is -1.98. The number of aliphatic hydroxyl groups excluding tert-OH is 1. The first-order chi connectivity index (χ1) is 9.77. The smallest absolute Gasteiger partial charge is 0.0512 e. The summed E-state index contributed by atoms with van der Waals surface area (Å²) in [5, 5.41) is 9.26. The van der Waals surface area contributed by atoms with Crippen LogP contribution >= 0.6 is 0 Å². The van der Waals surface area contributed by atoms with E-state index in [1.807, 2.05) is 6.92 Å². The second-order valence-electron chi connectivity index (χ2n) is 5.47. The Morgan fingerprint density at radius 1 is 0.850 bits per heavy atom. The Kier molecular flexibility index (Phi) is 5.82. The first-order valence-corrected chi connectivity index (χ1v) is 7.59. The predicted molar refractivity (Wildman–Crippen MR) is 85.7 cm³/mol. The number of hydrogen-bond acceptors (Lipinski definition) is 1. The number of benzene rings is 2. The molecule has 0 saturated heterocycles. The van der Waals surface area contributed by atoms with Gasteiger partial charge in [0, 0.05) is 0 Å². The summed E-state index contributed by atoms with van der Waals surface area (Å²) >= 11 is 0. The zero-order valence-corrected chi connectivity index (χ0v) is 12.3. The summed E-state index contributed by atoms with van der Waals surface area (Å²) < 4.78 is 0. The molecule has 0 saturated carbocycles. The van der Waals surface area contributed by atoms with Crippen LogP contribution in [0.4, 0.5) is 0 Å². The minimum Gasteiger partial charge on any atom is -0.393 e. The van der Waals surface area contributed by atoms with Crippen LogP contribution in [0.15, 0.2) is 54.6 Å². The first-order valence-electron chi connectivity index (χ1n) is 7.59. The molecule has 2 aromatic carbocycles. The van der Waals surface area contributed by atoms with E-state index in [-0.39, 0.29) is 6.10 Å². The highest BCUT2D eigenvalue weighted by atomic mass is 16.3. The fourth-order valence-corrected chi connectivity index (χ4v) is 2.57. The summed E-state index contributed by atoms with van der Waals surface area (Å²) in [6.45, 7) is 1.87. The molecule has 0 aliphatic heterocycles. The van der Waals surface area contributed by atoms with E-state index in [9.17, 15) is 5.11 Å². The van der Waals surface area contributed by atoms with Crippen LogP contribution in [-0.2, 0) is 6.42 Å². The van der Waals surface area contributed by atoms with Gasteiger partial charge in [-0.05, 0) is 42.9 Å². The molecule has 20 heavy (non-hydrogen) atoms. The van der Waals surface area contributed by atoms with Gasteiger partial charge in [-0.15, -0.1) is 0 Å². The van der Waals surface area contributed by atoms with Gasteiger partial charge in [0.2, 0.25) is 0 Å². The molecule has 2 aromatic rings. The molecule has 1 nitrogen and oxygen atoms in total. The molecule has 0 bridgehead atoms. The van der Waals surface area contributed by atoms with Crippen LogP contribution in [0.1, 0.15) is 38.2 Å². The highest BCUT2D eigenvalue weighted by molar-refractivity contribution is 5.67. The van der Waals surface area contributed by atoms with Gasteiger partial charge in [0.15, 0.2) is 0 Å². The van der Waals surface area contributed by atoms with E-state index in [2.05, 4.69) is 54.6 Å². The summed E-state index contributed by atoms with van der Waals surface area (Å²) in [5.74, 6) is 0. The van der Waals surface area contributed by atoms with E-state index < -0.39 is 0 Å². The Morgan fingerprint density at radius 2 is 1.55 bits per heavy atom. The molecule has 0 amide bonds. The third-order valence-corrected chi connectivity index (χ3v) is 3.67. The highest BCUT2D eigenvalue weighted by Crippen LogP contribution is 2.24. The van der Waals surface area contributed by atoms with Gasteiger partial charge in [-0.25, -0.2) is 0 Å². The molecule has 106 valence electrons. The molecule has 0 heterocycles. The van der Waals surface area contributed by atoms with Crippen LogP contribution in [0.2, 0.25) is 0 Å². The Labute approximate surface area is 122 Å². The molecule has 1 atom stereocenters. The van der Waals surface area contributed by atoms with Crippen molar-refractivity contribution in [3.05, 3.63) is 60.2 Å². The van der Waals surface area contributed by atoms with Crippen molar-refractivity contribution in [2.45, 2.75) is 45.1 Å². The largest absolute Gasteiger partial charge is 0.393 e. The topological polar surface area (TPSA) is 20.2 Å². The van der Waals surface area contributed by atoms with E-state index in [1.54, 1.807) is 0 Å². The number of aliphatic hydroxyl groups is 1. The summed E-state index contributed by atoms with van der Waals surface area (Å²) in [6, 6.07) is 19.3. The molecule has 1 N–H and O–H groups in total. The van der Waals surface area contributed by atoms with E-state index in [1.165, 1.54) is 29.5 Å². The lowest BCUT2D eigenvalue weighted by molar-refractivity contribution is 0.180. The van der Waals surface area contributed by atoms with Gasteiger partial charge in [0.05, 0.1) is 6.10 Å². The van der Waals surface area contributed by atoms with Gasteiger partial charge >= 0.3 is 0 Å². The maximum absolute atomic E-state index is 9.26. The van der Waals surface area contributed by atoms with Crippen LogP contribution in [0.25, 0.3) is 11.1 Å². The summed E-state index contributed by atoms with van der Waals surface area (Å²) in [6.07, 6.45) is 5.37.